The van der Waals surface area contributed by atoms with E-state index in [4.69, 9.17) is 5.73 Å². The first-order chi connectivity index (χ1) is 12.0. The van der Waals surface area contributed by atoms with Gasteiger partial charge in [-0.3, -0.25) is 14.8 Å². The fourth-order valence-corrected chi connectivity index (χ4v) is 3.80. The third-order valence-corrected chi connectivity index (χ3v) is 5.09. The molecule has 1 aromatic carbocycles. The highest BCUT2D eigenvalue weighted by molar-refractivity contribution is 9.10. The summed E-state index contributed by atoms with van der Waals surface area (Å²) in [4.78, 5) is 20.5. The van der Waals surface area contributed by atoms with Gasteiger partial charge in [-0.2, -0.15) is 0 Å². The molecule has 1 amide bonds. The van der Waals surface area contributed by atoms with Crippen LogP contribution in [0.2, 0.25) is 0 Å². The maximum atomic E-state index is 12.1. The summed E-state index contributed by atoms with van der Waals surface area (Å²) in [5.41, 5.74) is 7.57. The van der Waals surface area contributed by atoms with Crippen LogP contribution in [0.15, 0.2) is 53.4 Å². The van der Waals surface area contributed by atoms with E-state index in [9.17, 15) is 9.90 Å². The molecule has 0 radical (unpaired) electrons. The molecule has 3 N–H and O–H groups in total. The highest BCUT2D eigenvalue weighted by atomic mass is 79.9. The van der Waals surface area contributed by atoms with Crippen molar-refractivity contribution in [2.45, 2.75) is 19.3 Å². The number of carbonyl (C=O) groups is 1. The molecule has 0 saturated carbocycles. The van der Waals surface area contributed by atoms with E-state index < -0.39 is 17.7 Å². The maximum absolute atomic E-state index is 12.1. The van der Waals surface area contributed by atoms with Crippen LogP contribution < -0.4 is 5.73 Å². The molecule has 2 heterocycles. The van der Waals surface area contributed by atoms with Gasteiger partial charge in [0.2, 0.25) is 5.91 Å². The van der Waals surface area contributed by atoms with Crippen molar-refractivity contribution >= 4 is 32.7 Å². The number of amides is 1. The Kier molecular flexibility index (Phi) is 4.99. The standard InChI is InChI=1S/C19H18BrN3O2/c1-2-12(19(21)25)16(11-5-3-7-22-10-11)14-9-15(20)13-6-4-8-23-17(13)18(14)24/h3-10,12,16,24H,2H2,1H3,(H2,21,25). The molecule has 0 aliphatic rings. The lowest BCUT2D eigenvalue weighted by Gasteiger charge is -2.26. The zero-order chi connectivity index (χ0) is 18.0. The van der Waals surface area contributed by atoms with E-state index in [2.05, 4.69) is 25.9 Å². The summed E-state index contributed by atoms with van der Waals surface area (Å²) in [5, 5.41) is 11.7. The van der Waals surface area contributed by atoms with Gasteiger partial charge in [0.25, 0.3) is 0 Å². The normalized spacial score (nSPS) is 13.5. The van der Waals surface area contributed by atoms with E-state index in [0.717, 1.165) is 15.4 Å². The molecule has 2 atom stereocenters. The van der Waals surface area contributed by atoms with E-state index in [1.54, 1.807) is 24.7 Å². The third kappa shape index (κ3) is 3.22. The monoisotopic (exact) mass is 399 g/mol. The van der Waals surface area contributed by atoms with E-state index in [1.165, 1.54) is 0 Å². The van der Waals surface area contributed by atoms with E-state index >= 15 is 0 Å². The number of nitrogens with zero attached hydrogens (tertiary/aromatic N) is 2. The van der Waals surface area contributed by atoms with Crippen molar-refractivity contribution in [1.82, 2.24) is 9.97 Å². The highest BCUT2D eigenvalue weighted by Gasteiger charge is 2.31. The predicted molar refractivity (Wildman–Crippen MR) is 100 cm³/mol. The van der Waals surface area contributed by atoms with Gasteiger partial charge in [0, 0.05) is 45.8 Å². The van der Waals surface area contributed by atoms with Crippen LogP contribution in [-0.4, -0.2) is 21.0 Å². The van der Waals surface area contributed by atoms with E-state index in [0.29, 0.717) is 17.5 Å². The van der Waals surface area contributed by atoms with Gasteiger partial charge in [-0.1, -0.05) is 35.0 Å². The first kappa shape index (κ1) is 17.4. The van der Waals surface area contributed by atoms with Gasteiger partial charge in [0.1, 0.15) is 11.3 Å². The number of carbonyl (C=O) groups excluding carboxylic acids is 1. The second-order valence-corrected chi connectivity index (χ2v) is 6.73. The number of hydrogen-bond acceptors (Lipinski definition) is 4. The quantitative estimate of drug-likeness (QED) is 0.683. The van der Waals surface area contributed by atoms with Gasteiger partial charge < -0.3 is 10.8 Å². The average Bonchev–Trinajstić information content (AvgIpc) is 2.63. The maximum Gasteiger partial charge on any atom is 0.221 e. The number of rotatable bonds is 5. The second kappa shape index (κ2) is 7.19. The number of benzene rings is 1. The van der Waals surface area contributed by atoms with Crippen molar-refractivity contribution in [3.8, 4) is 5.75 Å². The molecule has 0 saturated heterocycles. The molecule has 0 bridgehead atoms. The van der Waals surface area contributed by atoms with Crippen LogP contribution in [0.5, 0.6) is 5.75 Å². The number of primary amides is 1. The molecular formula is C19H18BrN3O2. The Hall–Kier alpha value is -2.47. The van der Waals surface area contributed by atoms with Crippen LogP contribution in [0, 0.1) is 5.92 Å². The van der Waals surface area contributed by atoms with Crippen molar-refractivity contribution in [1.29, 1.82) is 0 Å². The number of halogens is 1. The Balaban J connectivity index is 2.28. The molecule has 0 aliphatic carbocycles. The van der Waals surface area contributed by atoms with Crippen LogP contribution in [-0.2, 0) is 4.79 Å². The van der Waals surface area contributed by atoms with Crippen molar-refractivity contribution in [2.75, 3.05) is 0 Å². The number of aromatic hydroxyl groups is 1. The predicted octanol–water partition coefficient (Wildman–Crippen LogP) is 3.74. The van der Waals surface area contributed by atoms with Crippen LogP contribution in [0.25, 0.3) is 10.9 Å². The third-order valence-electron chi connectivity index (χ3n) is 4.43. The summed E-state index contributed by atoms with van der Waals surface area (Å²) >= 11 is 3.55. The van der Waals surface area contributed by atoms with Crippen LogP contribution >= 0.6 is 15.9 Å². The molecule has 6 heteroatoms. The lowest BCUT2D eigenvalue weighted by Crippen LogP contribution is -2.29. The summed E-state index contributed by atoms with van der Waals surface area (Å²) in [6, 6.07) is 9.22. The molecule has 0 fully saturated rings. The summed E-state index contributed by atoms with van der Waals surface area (Å²) in [6.07, 6.45) is 5.55. The molecule has 5 nitrogen and oxygen atoms in total. The van der Waals surface area contributed by atoms with Crippen molar-refractivity contribution in [3.05, 3.63) is 64.5 Å². The lowest BCUT2D eigenvalue weighted by atomic mass is 9.79. The number of phenols is 1. The molecular weight excluding hydrogens is 382 g/mol. The Morgan fingerprint density at radius 2 is 2.08 bits per heavy atom. The minimum absolute atomic E-state index is 0.0624. The fraction of sp³-hybridized carbons (Fsp3) is 0.211. The smallest absolute Gasteiger partial charge is 0.221 e. The zero-order valence-electron chi connectivity index (χ0n) is 13.7. The van der Waals surface area contributed by atoms with Gasteiger partial charge >= 0.3 is 0 Å². The molecule has 128 valence electrons. The molecule has 3 aromatic rings. The van der Waals surface area contributed by atoms with Gasteiger partial charge in [0.15, 0.2) is 0 Å². The van der Waals surface area contributed by atoms with Gasteiger partial charge in [0.05, 0.1) is 0 Å². The first-order valence-corrected chi connectivity index (χ1v) is 8.79. The van der Waals surface area contributed by atoms with Crippen LogP contribution in [0.1, 0.15) is 30.4 Å². The number of nitrogens with two attached hydrogens (primary N) is 1. The fourth-order valence-electron chi connectivity index (χ4n) is 3.23. The van der Waals surface area contributed by atoms with Crippen molar-refractivity contribution < 1.29 is 9.90 Å². The second-order valence-electron chi connectivity index (χ2n) is 5.88. The van der Waals surface area contributed by atoms with Gasteiger partial charge in [-0.05, 0) is 30.2 Å². The lowest BCUT2D eigenvalue weighted by molar-refractivity contribution is -0.122. The SMILES string of the molecule is CCC(C(N)=O)C(c1cccnc1)c1cc(Br)c2cccnc2c1O. The van der Waals surface area contributed by atoms with E-state index in [1.807, 2.05) is 31.2 Å². The zero-order valence-corrected chi connectivity index (χ0v) is 15.3. The van der Waals surface area contributed by atoms with Crippen LogP contribution in [0.3, 0.4) is 0 Å². The van der Waals surface area contributed by atoms with Crippen molar-refractivity contribution in [3.63, 3.8) is 0 Å². The topological polar surface area (TPSA) is 89.1 Å². The first-order valence-electron chi connectivity index (χ1n) is 8.00. The molecule has 0 spiro atoms. The molecule has 2 aromatic heterocycles. The Morgan fingerprint density at radius 1 is 1.32 bits per heavy atom. The summed E-state index contributed by atoms with van der Waals surface area (Å²) < 4.78 is 0.802. The van der Waals surface area contributed by atoms with E-state index in [-0.39, 0.29) is 5.75 Å². The number of hydrogen-bond donors (Lipinski definition) is 2. The Bertz CT molecular complexity index is 915. The Morgan fingerprint density at radius 3 is 2.72 bits per heavy atom. The highest BCUT2D eigenvalue weighted by Crippen LogP contribution is 2.43. The van der Waals surface area contributed by atoms with Gasteiger partial charge in [-0.15, -0.1) is 0 Å². The Labute approximate surface area is 154 Å². The number of phenolic OH excluding ortho intramolecular Hbond substituents is 1. The van der Waals surface area contributed by atoms with Gasteiger partial charge in [-0.25, -0.2) is 0 Å². The summed E-state index contributed by atoms with van der Waals surface area (Å²) in [6.45, 7) is 1.91. The number of aromatic nitrogens is 2. The minimum Gasteiger partial charge on any atom is -0.505 e. The summed E-state index contributed by atoms with van der Waals surface area (Å²) in [7, 11) is 0. The summed E-state index contributed by atoms with van der Waals surface area (Å²) in [5.74, 6) is -1.22. The largest absolute Gasteiger partial charge is 0.505 e. The average molecular weight is 400 g/mol. The van der Waals surface area contributed by atoms with Crippen LogP contribution in [0.4, 0.5) is 0 Å². The molecule has 2 unspecified atom stereocenters. The number of pyridine rings is 2. The molecule has 0 aliphatic heterocycles. The number of fused-ring (bicyclic) bond motifs is 1. The minimum atomic E-state index is -0.469. The molecule has 3 rings (SSSR count). The van der Waals surface area contributed by atoms with Crippen molar-refractivity contribution in [2.24, 2.45) is 11.7 Å². The molecule has 25 heavy (non-hydrogen) atoms.